The summed E-state index contributed by atoms with van der Waals surface area (Å²) < 4.78 is 10.0. The molecule has 0 heterocycles. The SMILES string of the molecule is C#CCOc1ccc(OC(=O)C=C)cc1. The van der Waals surface area contributed by atoms with Gasteiger partial charge in [-0.3, -0.25) is 0 Å². The van der Waals surface area contributed by atoms with Crippen molar-refractivity contribution < 1.29 is 14.3 Å². The Morgan fingerprint density at radius 1 is 1.40 bits per heavy atom. The van der Waals surface area contributed by atoms with E-state index in [1.807, 2.05) is 0 Å². The Labute approximate surface area is 88.3 Å². The molecule has 0 bridgehead atoms. The summed E-state index contributed by atoms with van der Waals surface area (Å²) in [6, 6.07) is 6.58. The smallest absolute Gasteiger partial charge is 0.335 e. The van der Waals surface area contributed by atoms with Crippen molar-refractivity contribution in [2.24, 2.45) is 0 Å². The van der Waals surface area contributed by atoms with E-state index in [1.54, 1.807) is 24.3 Å². The van der Waals surface area contributed by atoms with Crippen LogP contribution in [0.4, 0.5) is 0 Å². The minimum absolute atomic E-state index is 0.214. The van der Waals surface area contributed by atoms with Crippen molar-refractivity contribution in [1.29, 1.82) is 0 Å². The van der Waals surface area contributed by atoms with Gasteiger partial charge >= 0.3 is 5.97 Å². The Balaban J connectivity index is 2.60. The summed E-state index contributed by atoms with van der Waals surface area (Å²) in [5.74, 6) is 2.93. The molecule has 0 aliphatic heterocycles. The quantitative estimate of drug-likeness (QED) is 0.323. The van der Waals surface area contributed by atoms with Crippen LogP contribution in [0.25, 0.3) is 0 Å². The van der Waals surface area contributed by atoms with E-state index in [0.29, 0.717) is 11.5 Å². The second kappa shape index (κ2) is 5.51. The third-order valence-electron chi connectivity index (χ3n) is 1.53. The first kappa shape index (κ1) is 10.9. The predicted molar refractivity (Wildman–Crippen MR) is 56.6 cm³/mol. The lowest BCUT2D eigenvalue weighted by Gasteiger charge is -2.03. The minimum atomic E-state index is -0.493. The molecule has 0 aliphatic carbocycles. The van der Waals surface area contributed by atoms with Crippen molar-refractivity contribution in [3.8, 4) is 23.8 Å². The molecule has 0 atom stereocenters. The van der Waals surface area contributed by atoms with Crippen LogP contribution < -0.4 is 9.47 Å². The van der Waals surface area contributed by atoms with Crippen LogP contribution in [0.2, 0.25) is 0 Å². The predicted octanol–water partition coefficient (Wildman–Crippen LogP) is 1.79. The van der Waals surface area contributed by atoms with Gasteiger partial charge in [0.25, 0.3) is 0 Å². The lowest BCUT2D eigenvalue weighted by molar-refractivity contribution is -0.128. The van der Waals surface area contributed by atoms with Gasteiger partial charge in [0.15, 0.2) is 0 Å². The Morgan fingerprint density at radius 3 is 2.53 bits per heavy atom. The molecule has 0 aromatic heterocycles. The van der Waals surface area contributed by atoms with Crippen molar-refractivity contribution in [2.75, 3.05) is 6.61 Å². The summed E-state index contributed by atoms with van der Waals surface area (Å²) in [4.78, 5) is 10.8. The summed E-state index contributed by atoms with van der Waals surface area (Å²) in [6.07, 6.45) is 6.13. The van der Waals surface area contributed by atoms with Gasteiger partial charge in [0.1, 0.15) is 18.1 Å². The molecule has 0 spiro atoms. The average Bonchev–Trinajstić information content (AvgIpc) is 2.28. The molecule has 1 aromatic carbocycles. The number of carbonyl (C=O) groups is 1. The molecular formula is C12H10O3. The second-order valence-corrected chi connectivity index (χ2v) is 2.59. The third-order valence-corrected chi connectivity index (χ3v) is 1.53. The molecule has 3 heteroatoms. The van der Waals surface area contributed by atoms with Crippen LogP contribution in [0, 0.1) is 12.3 Å². The van der Waals surface area contributed by atoms with Crippen LogP contribution in [0.15, 0.2) is 36.9 Å². The fraction of sp³-hybridized carbons (Fsp3) is 0.0833. The van der Waals surface area contributed by atoms with Crippen molar-refractivity contribution in [3.63, 3.8) is 0 Å². The van der Waals surface area contributed by atoms with Gasteiger partial charge in [0.2, 0.25) is 0 Å². The van der Waals surface area contributed by atoms with Crippen molar-refractivity contribution in [3.05, 3.63) is 36.9 Å². The molecule has 15 heavy (non-hydrogen) atoms. The first-order valence-electron chi connectivity index (χ1n) is 4.27. The van der Waals surface area contributed by atoms with Crippen molar-refractivity contribution in [2.45, 2.75) is 0 Å². The Kier molecular flexibility index (Phi) is 3.99. The monoisotopic (exact) mass is 202 g/mol. The normalized spacial score (nSPS) is 8.73. The van der Waals surface area contributed by atoms with Gasteiger partial charge in [-0.05, 0) is 24.3 Å². The average molecular weight is 202 g/mol. The molecule has 0 aliphatic rings. The summed E-state index contributed by atoms with van der Waals surface area (Å²) in [5, 5.41) is 0. The zero-order chi connectivity index (χ0) is 11.1. The number of benzene rings is 1. The molecule has 1 aromatic rings. The van der Waals surface area contributed by atoms with Crippen LogP contribution >= 0.6 is 0 Å². The maximum absolute atomic E-state index is 10.8. The maximum Gasteiger partial charge on any atom is 0.335 e. The minimum Gasteiger partial charge on any atom is -0.481 e. The van der Waals surface area contributed by atoms with Crippen LogP contribution in [0.3, 0.4) is 0 Å². The van der Waals surface area contributed by atoms with Crippen LogP contribution in [0.5, 0.6) is 11.5 Å². The lowest BCUT2D eigenvalue weighted by atomic mass is 10.3. The van der Waals surface area contributed by atoms with Gasteiger partial charge in [-0.2, -0.15) is 0 Å². The molecule has 1 rings (SSSR count). The number of carbonyl (C=O) groups excluding carboxylic acids is 1. The topological polar surface area (TPSA) is 35.5 Å². The van der Waals surface area contributed by atoms with Gasteiger partial charge in [-0.1, -0.05) is 12.5 Å². The fourth-order valence-electron chi connectivity index (χ4n) is 0.887. The summed E-state index contributed by atoms with van der Waals surface area (Å²) >= 11 is 0. The molecule has 0 saturated carbocycles. The number of hydrogen-bond acceptors (Lipinski definition) is 3. The van der Waals surface area contributed by atoms with Gasteiger partial charge in [0.05, 0.1) is 0 Å². The second-order valence-electron chi connectivity index (χ2n) is 2.59. The zero-order valence-electron chi connectivity index (χ0n) is 8.10. The van der Waals surface area contributed by atoms with E-state index in [4.69, 9.17) is 15.9 Å². The van der Waals surface area contributed by atoms with Gasteiger partial charge in [0, 0.05) is 6.08 Å². The number of esters is 1. The molecule has 0 amide bonds. The van der Waals surface area contributed by atoms with E-state index in [0.717, 1.165) is 6.08 Å². The number of rotatable bonds is 4. The molecule has 0 fully saturated rings. The third kappa shape index (κ3) is 3.57. The van der Waals surface area contributed by atoms with E-state index in [-0.39, 0.29) is 6.61 Å². The largest absolute Gasteiger partial charge is 0.481 e. The highest BCUT2D eigenvalue weighted by molar-refractivity contribution is 5.83. The van der Waals surface area contributed by atoms with E-state index < -0.39 is 5.97 Å². The summed E-state index contributed by atoms with van der Waals surface area (Å²) in [7, 11) is 0. The first-order chi connectivity index (χ1) is 7.26. The molecule has 0 N–H and O–H groups in total. The van der Waals surface area contributed by atoms with E-state index >= 15 is 0 Å². The lowest BCUT2D eigenvalue weighted by Crippen LogP contribution is -2.02. The highest BCUT2D eigenvalue weighted by Gasteiger charge is 1.99. The molecule has 0 radical (unpaired) electrons. The Bertz CT molecular complexity index is 384. The van der Waals surface area contributed by atoms with Crippen LogP contribution in [0.1, 0.15) is 0 Å². The van der Waals surface area contributed by atoms with Gasteiger partial charge in [-0.15, -0.1) is 6.42 Å². The first-order valence-corrected chi connectivity index (χ1v) is 4.27. The standard InChI is InChI=1S/C12H10O3/c1-3-9-14-10-5-7-11(8-6-10)15-12(13)4-2/h1,4-8H,2,9H2. The highest BCUT2D eigenvalue weighted by Crippen LogP contribution is 2.17. The van der Waals surface area contributed by atoms with Crippen molar-refractivity contribution in [1.82, 2.24) is 0 Å². The highest BCUT2D eigenvalue weighted by atomic mass is 16.5. The Hall–Kier alpha value is -2.21. The van der Waals surface area contributed by atoms with Crippen LogP contribution in [-0.4, -0.2) is 12.6 Å². The van der Waals surface area contributed by atoms with Crippen molar-refractivity contribution >= 4 is 5.97 Å². The molecule has 0 saturated heterocycles. The zero-order valence-corrected chi connectivity index (χ0v) is 8.10. The molecule has 3 nitrogen and oxygen atoms in total. The number of hydrogen-bond donors (Lipinski definition) is 0. The summed E-state index contributed by atoms with van der Waals surface area (Å²) in [6.45, 7) is 3.51. The van der Waals surface area contributed by atoms with Gasteiger partial charge < -0.3 is 9.47 Å². The maximum atomic E-state index is 10.8. The van der Waals surface area contributed by atoms with E-state index in [2.05, 4.69) is 12.5 Å². The number of ether oxygens (including phenoxy) is 2. The fourth-order valence-corrected chi connectivity index (χ4v) is 0.887. The molecule has 0 unspecified atom stereocenters. The van der Waals surface area contributed by atoms with Gasteiger partial charge in [-0.25, -0.2) is 4.79 Å². The number of terminal acetylenes is 1. The van der Waals surface area contributed by atoms with E-state index in [1.165, 1.54) is 0 Å². The summed E-state index contributed by atoms with van der Waals surface area (Å²) in [5.41, 5.74) is 0. The molecule has 76 valence electrons. The Morgan fingerprint density at radius 2 is 2.00 bits per heavy atom. The van der Waals surface area contributed by atoms with Crippen LogP contribution in [-0.2, 0) is 4.79 Å². The molecular weight excluding hydrogens is 192 g/mol. The van der Waals surface area contributed by atoms with E-state index in [9.17, 15) is 4.79 Å².